The fraction of sp³-hybridized carbons (Fsp3) is 0.458. The van der Waals surface area contributed by atoms with Crippen LogP contribution >= 0.6 is 0 Å². The normalized spacial score (nSPS) is 15.2. The first kappa shape index (κ1) is 22.6. The van der Waals surface area contributed by atoms with E-state index in [1.807, 2.05) is 52.0 Å². The van der Waals surface area contributed by atoms with Crippen LogP contribution in [-0.4, -0.2) is 64.3 Å². The number of aryl methyl sites for hydroxylation is 1. The van der Waals surface area contributed by atoms with Crippen molar-refractivity contribution in [2.45, 2.75) is 46.7 Å². The molecule has 166 valence electrons. The van der Waals surface area contributed by atoms with E-state index in [0.29, 0.717) is 31.7 Å². The van der Waals surface area contributed by atoms with Gasteiger partial charge in [-0.1, -0.05) is 30.3 Å². The highest BCUT2D eigenvalue weighted by Gasteiger charge is 2.30. The fourth-order valence-corrected chi connectivity index (χ4v) is 4.22. The molecule has 1 fully saturated rings. The first-order valence-corrected chi connectivity index (χ1v) is 10.8. The number of carbonyl (C=O) groups excluding carboxylic acids is 3. The Bertz CT molecular complexity index is 957. The standard InChI is InChI=1S/C24H32N4O3/c1-16(2)25-22(29)24(31)27-13-11-26(12-14-27)23(30)21-15-17(3)28(19(21)5)18(4)20-9-7-6-8-10-20/h6-10,15-16,18H,11-14H2,1-5H3,(H,25,29). The van der Waals surface area contributed by atoms with Crippen LogP contribution < -0.4 is 5.32 Å². The largest absolute Gasteiger partial charge is 0.346 e. The van der Waals surface area contributed by atoms with Crippen molar-refractivity contribution in [3.63, 3.8) is 0 Å². The Labute approximate surface area is 184 Å². The molecule has 1 unspecified atom stereocenters. The number of hydrogen-bond donors (Lipinski definition) is 1. The molecule has 1 aromatic heterocycles. The average Bonchev–Trinajstić information content (AvgIpc) is 3.06. The van der Waals surface area contributed by atoms with Crippen molar-refractivity contribution in [1.29, 1.82) is 0 Å². The van der Waals surface area contributed by atoms with E-state index in [-0.39, 0.29) is 18.0 Å². The van der Waals surface area contributed by atoms with Gasteiger partial charge in [0.2, 0.25) is 0 Å². The maximum atomic E-state index is 13.2. The van der Waals surface area contributed by atoms with Gasteiger partial charge in [-0.3, -0.25) is 14.4 Å². The Hall–Kier alpha value is -3.09. The molecule has 1 saturated heterocycles. The number of rotatable bonds is 4. The minimum atomic E-state index is -0.590. The SMILES string of the molecule is Cc1cc(C(=O)N2CCN(C(=O)C(=O)NC(C)C)CC2)c(C)n1C(C)c1ccccc1. The molecule has 0 bridgehead atoms. The second-order valence-corrected chi connectivity index (χ2v) is 8.45. The summed E-state index contributed by atoms with van der Waals surface area (Å²) in [5.41, 5.74) is 3.86. The van der Waals surface area contributed by atoms with Gasteiger partial charge < -0.3 is 19.7 Å². The lowest BCUT2D eigenvalue weighted by atomic mass is 10.1. The Kier molecular flexibility index (Phi) is 6.83. The van der Waals surface area contributed by atoms with E-state index in [1.54, 1.807) is 4.90 Å². The summed E-state index contributed by atoms with van der Waals surface area (Å²) in [5, 5.41) is 2.63. The maximum Gasteiger partial charge on any atom is 0.312 e. The van der Waals surface area contributed by atoms with E-state index in [4.69, 9.17) is 0 Å². The third-order valence-corrected chi connectivity index (χ3v) is 5.85. The minimum Gasteiger partial charge on any atom is -0.346 e. The second-order valence-electron chi connectivity index (χ2n) is 8.45. The van der Waals surface area contributed by atoms with E-state index in [2.05, 4.69) is 28.9 Å². The van der Waals surface area contributed by atoms with E-state index in [9.17, 15) is 14.4 Å². The van der Waals surface area contributed by atoms with Crippen LogP contribution in [0, 0.1) is 13.8 Å². The van der Waals surface area contributed by atoms with Gasteiger partial charge in [0.15, 0.2) is 0 Å². The molecule has 7 heteroatoms. The lowest BCUT2D eigenvalue weighted by Crippen LogP contribution is -2.54. The number of nitrogens with one attached hydrogen (secondary N) is 1. The first-order chi connectivity index (χ1) is 14.7. The molecule has 1 aromatic carbocycles. The molecule has 0 aliphatic carbocycles. The average molecular weight is 425 g/mol. The topological polar surface area (TPSA) is 74.7 Å². The van der Waals surface area contributed by atoms with Gasteiger partial charge in [0, 0.05) is 43.6 Å². The van der Waals surface area contributed by atoms with Gasteiger partial charge in [-0.2, -0.15) is 0 Å². The first-order valence-electron chi connectivity index (χ1n) is 10.8. The summed E-state index contributed by atoms with van der Waals surface area (Å²) in [5.74, 6) is -1.15. The quantitative estimate of drug-likeness (QED) is 0.767. The second kappa shape index (κ2) is 9.37. The van der Waals surface area contributed by atoms with Gasteiger partial charge in [-0.15, -0.1) is 0 Å². The van der Waals surface area contributed by atoms with Crippen LogP contribution in [0.4, 0.5) is 0 Å². The molecule has 7 nitrogen and oxygen atoms in total. The molecule has 31 heavy (non-hydrogen) atoms. The van der Waals surface area contributed by atoms with E-state index >= 15 is 0 Å². The van der Waals surface area contributed by atoms with Crippen LogP contribution in [0.15, 0.2) is 36.4 Å². The molecule has 0 saturated carbocycles. The lowest BCUT2D eigenvalue weighted by Gasteiger charge is -2.34. The molecule has 1 aliphatic rings. The number of aromatic nitrogens is 1. The van der Waals surface area contributed by atoms with Gasteiger partial charge >= 0.3 is 11.8 Å². The minimum absolute atomic E-state index is 0.0293. The Morgan fingerprint density at radius 3 is 2.06 bits per heavy atom. The number of nitrogens with zero attached hydrogens (tertiary/aromatic N) is 3. The lowest BCUT2D eigenvalue weighted by molar-refractivity contribution is -0.147. The Balaban J connectivity index is 1.69. The summed E-state index contributed by atoms with van der Waals surface area (Å²) >= 11 is 0. The number of piperazine rings is 1. The van der Waals surface area contributed by atoms with Crippen LogP contribution in [0.1, 0.15) is 54.1 Å². The smallest absolute Gasteiger partial charge is 0.312 e. The van der Waals surface area contributed by atoms with Gasteiger partial charge in [0.05, 0.1) is 11.6 Å². The van der Waals surface area contributed by atoms with Crippen molar-refractivity contribution in [1.82, 2.24) is 19.7 Å². The number of hydrogen-bond acceptors (Lipinski definition) is 3. The summed E-state index contributed by atoms with van der Waals surface area (Å²) in [6.45, 7) is 11.3. The number of carbonyl (C=O) groups is 3. The highest BCUT2D eigenvalue weighted by molar-refractivity contribution is 6.35. The van der Waals surface area contributed by atoms with E-state index in [1.165, 1.54) is 10.5 Å². The predicted molar refractivity (Wildman–Crippen MR) is 120 cm³/mol. The number of benzene rings is 1. The zero-order chi connectivity index (χ0) is 22.7. The van der Waals surface area contributed by atoms with Gasteiger partial charge in [0.1, 0.15) is 0 Å². The Morgan fingerprint density at radius 2 is 1.48 bits per heavy atom. The molecule has 3 rings (SSSR count). The monoisotopic (exact) mass is 424 g/mol. The highest BCUT2D eigenvalue weighted by atomic mass is 16.2. The van der Waals surface area contributed by atoms with Crippen molar-refractivity contribution in [3.05, 3.63) is 58.9 Å². The highest BCUT2D eigenvalue weighted by Crippen LogP contribution is 2.26. The number of amides is 3. The van der Waals surface area contributed by atoms with Crippen LogP contribution in [-0.2, 0) is 9.59 Å². The van der Waals surface area contributed by atoms with Gasteiger partial charge in [-0.05, 0) is 46.2 Å². The molecule has 0 spiro atoms. The zero-order valence-corrected chi connectivity index (χ0v) is 19.0. The summed E-state index contributed by atoms with van der Waals surface area (Å²) < 4.78 is 2.19. The summed E-state index contributed by atoms with van der Waals surface area (Å²) in [6, 6.07) is 12.2. The zero-order valence-electron chi connectivity index (χ0n) is 19.0. The molecule has 1 aliphatic heterocycles. The van der Waals surface area contributed by atoms with Crippen molar-refractivity contribution < 1.29 is 14.4 Å². The van der Waals surface area contributed by atoms with Crippen LogP contribution in [0.5, 0.6) is 0 Å². The van der Waals surface area contributed by atoms with E-state index < -0.39 is 11.8 Å². The summed E-state index contributed by atoms with van der Waals surface area (Å²) in [7, 11) is 0. The molecule has 2 heterocycles. The van der Waals surface area contributed by atoms with Crippen molar-refractivity contribution in [2.75, 3.05) is 26.2 Å². The molecule has 3 amide bonds. The fourth-order valence-electron chi connectivity index (χ4n) is 4.22. The van der Waals surface area contributed by atoms with Crippen molar-refractivity contribution >= 4 is 17.7 Å². The molecular formula is C24H32N4O3. The maximum absolute atomic E-state index is 13.2. The van der Waals surface area contributed by atoms with Crippen LogP contribution in [0.3, 0.4) is 0 Å². The van der Waals surface area contributed by atoms with Crippen molar-refractivity contribution in [2.24, 2.45) is 0 Å². The molecular weight excluding hydrogens is 392 g/mol. The third kappa shape index (κ3) is 4.81. The summed E-state index contributed by atoms with van der Waals surface area (Å²) in [6.07, 6.45) is 0. The van der Waals surface area contributed by atoms with Gasteiger partial charge in [0.25, 0.3) is 5.91 Å². The molecule has 1 N–H and O–H groups in total. The molecule has 2 aromatic rings. The van der Waals surface area contributed by atoms with Gasteiger partial charge in [-0.25, -0.2) is 0 Å². The van der Waals surface area contributed by atoms with Crippen molar-refractivity contribution in [3.8, 4) is 0 Å². The molecule has 1 atom stereocenters. The Morgan fingerprint density at radius 1 is 0.903 bits per heavy atom. The predicted octanol–water partition coefficient (Wildman–Crippen LogP) is 2.52. The van der Waals surface area contributed by atoms with E-state index in [0.717, 1.165) is 11.4 Å². The molecule has 0 radical (unpaired) electrons. The summed E-state index contributed by atoms with van der Waals surface area (Å²) in [4.78, 5) is 40.8. The van der Waals surface area contributed by atoms with Crippen LogP contribution in [0.25, 0.3) is 0 Å². The van der Waals surface area contributed by atoms with Crippen LogP contribution in [0.2, 0.25) is 0 Å². The third-order valence-electron chi connectivity index (χ3n) is 5.85.